The minimum absolute atomic E-state index is 0.0133. The number of carbonyl (C=O) groups is 2. The monoisotopic (exact) mass is 785 g/mol. The smallest absolute Gasteiger partial charge is 0.437 e. The second-order valence-electron chi connectivity index (χ2n) is 16.9. The predicted octanol–water partition coefficient (Wildman–Crippen LogP) is 5.65. The van der Waals surface area contributed by atoms with Gasteiger partial charge < -0.3 is 37.6 Å². The number of carbonyl (C=O) groups excluding carboxylic acids is 2. The number of aliphatic imine (C=N–C) groups is 1. The molecule has 0 saturated carbocycles. The number of nitrogens with two attached hydrogens (primary N) is 1. The molecule has 0 spiro atoms. The first-order valence-corrected chi connectivity index (χ1v) is 22.5. The van der Waals surface area contributed by atoms with Crippen LogP contribution in [0.2, 0.25) is 22.2 Å². The summed E-state index contributed by atoms with van der Waals surface area (Å²) in [6.07, 6.45) is -3.43. The van der Waals surface area contributed by atoms with E-state index in [4.69, 9.17) is 37.6 Å². The third-order valence-corrected chi connectivity index (χ3v) is 19.3. The maximum atomic E-state index is 13.2. The Labute approximate surface area is 315 Å². The predicted molar refractivity (Wildman–Crippen MR) is 204 cm³/mol. The number of nitrogens with zero attached hydrogens (tertiary/aromatic N) is 3. The number of ether oxygens (including phenoxy) is 4. The molecule has 53 heavy (non-hydrogen) atoms. The number of guanidine groups is 1. The van der Waals surface area contributed by atoms with Crippen LogP contribution in [0, 0.1) is 0 Å². The standard InChI is InChI=1S/C35H63N5O11Si2/c1-21(2)52(22(3)4)46-20-25-27(50-53(51-52,23(5)6)24(7)8)28(29(47-25)39-18-16-26(41)37-31(39)42)45-19-15-17-40(33(44)49-35(12,13)14)30(36)38-32(43)48-34(9,10)11/h16,18,21-25,27-29H,15,17,19-20H2,1-14H3,(H2,36,38,43)(H,37,41,42)/t25-,27-,28-,29-/m1/s1. The Morgan fingerprint density at radius 2 is 1.53 bits per heavy atom. The molecule has 2 saturated heterocycles. The SMILES string of the molecule is CC(C)[Si]1(C(C)C)OC[C@H]2O[C@@H](n3ccc(=O)[nH]c3=O)[C@H](OCCCN(C(=O)OC(C)(C)C)C(N)=NC(=O)OC(C)(C)C)[C@@H]2O[Si](C(C)C)(C(C)C)O1. The number of H-pyrrole nitrogens is 1. The van der Waals surface area contributed by atoms with Gasteiger partial charge in [-0.2, -0.15) is 0 Å². The summed E-state index contributed by atoms with van der Waals surface area (Å²) in [6, 6.07) is 1.24. The van der Waals surface area contributed by atoms with Crippen molar-refractivity contribution in [2.45, 2.75) is 161 Å². The maximum Gasteiger partial charge on any atom is 0.437 e. The van der Waals surface area contributed by atoms with Gasteiger partial charge in [-0.05, 0) is 70.1 Å². The van der Waals surface area contributed by atoms with Gasteiger partial charge in [-0.25, -0.2) is 19.3 Å². The van der Waals surface area contributed by atoms with Gasteiger partial charge in [-0.15, -0.1) is 4.99 Å². The summed E-state index contributed by atoms with van der Waals surface area (Å²) < 4.78 is 46.7. The molecule has 0 aliphatic carbocycles. The molecule has 1 aromatic heterocycles. The van der Waals surface area contributed by atoms with Crippen LogP contribution in [0.5, 0.6) is 0 Å². The van der Waals surface area contributed by atoms with E-state index in [0.717, 1.165) is 4.90 Å². The number of hydrogen-bond donors (Lipinski definition) is 2. The zero-order valence-corrected chi connectivity index (χ0v) is 36.0. The molecule has 2 amide bonds. The van der Waals surface area contributed by atoms with Crippen LogP contribution in [0.25, 0.3) is 0 Å². The second kappa shape index (κ2) is 17.3. The highest BCUT2D eigenvalue weighted by Gasteiger charge is 2.62. The minimum Gasteiger partial charge on any atom is -0.443 e. The lowest BCUT2D eigenvalue weighted by atomic mass is 10.1. The Bertz CT molecular complexity index is 1550. The van der Waals surface area contributed by atoms with Gasteiger partial charge in [0, 0.05) is 25.4 Å². The third kappa shape index (κ3) is 10.9. The number of hydrogen-bond acceptors (Lipinski definition) is 11. The summed E-state index contributed by atoms with van der Waals surface area (Å²) in [7, 11) is -6.02. The molecule has 1 aromatic rings. The van der Waals surface area contributed by atoms with E-state index in [9.17, 15) is 19.2 Å². The van der Waals surface area contributed by atoms with Crippen LogP contribution in [0.3, 0.4) is 0 Å². The molecule has 4 atom stereocenters. The van der Waals surface area contributed by atoms with E-state index in [0.29, 0.717) is 0 Å². The Morgan fingerprint density at radius 3 is 2.04 bits per heavy atom. The van der Waals surface area contributed by atoms with Crippen molar-refractivity contribution in [1.82, 2.24) is 14.5 Å². The number of aromatic amines is 1. The number of amides is 2. The van der Waals surface area contributed by atoms with Gasteiger partial charge in [0.1, 0.15) is 29.5 Å². The van der Waals surface area contributed by atoms with Gasteiger partial charge >= 0.3 is 35.0 Å². The number of rotatable bonds is 10. The van der Waals surface area contributed by atoms with E-state index in [1.54, 1.807) is 41.5 Å². The van der Waals surface area contributed by atoms with E-state index in [-0.39, 0.29) is 48.3 Å². The Balaban J connectivity index is 2.01. The van der Waals surface area contributed by atoms with Gasteiger partial charge in [0.2, 0.25) is 5.96 Å². The molecule has 0 bridgehead atoms. The van der Waals surface area contributed by atoms with E-state index in [1.807, 2.05) is 0 Å². The first-order chi connectivity index (χ1) is 24.3. The summed E-state index contributed by atoms with van der Waals surface area (Å²) >= 11 is 0. The number of fused-ring (bicyclic) bond motifs is 1. The molecule has 16 nitrogen and oxygen atoms in total. The summed E-state index contributed by atoms with van der Waals surface area (Å²) in [6.45, 7) is 27.2. The zero-order chi connectivity index (χ0) is 40.3. The van der Waals surface area contributed by atoms with Crippen molar-refractivity contribution in [3.05, 3.63) is 33.1 Å². The second-order valence-corrected chi connectivity index (χ2v) is 25.8. The Morgan fingerprint density at radius 1 is 0.962 bits per heavy atom. The van der Waals surface area contributed by atoms with Crippen LogP contribution >= 0.6 is 0 Å². The molecule has 2 aliphatic heterocycles. The topological polar surface area (TPSA) is 195 Å². The van der Waals surface area contributed by atoms with E-state index in [2.05, 4.69) is 65.4 Å². The van der Waals surface area contributed by atoms with Gasteiger partial charge in [0.05, 0.1) is 6.61 Å². The first-order valence-electron chi connectivity index (χ1n) is 18.5. The van der Waals surface area contributed by atoms with Crippen molar-refractivity contribution in [2.24, 2.45) is 10.7 Å². The van der Waals surface area contributed by atoms with Crippen molar-refractivity contribution in [3.63, 3.8) is 0 Å². The molecule has 0 aromatic carbocycles. The summed E-state index contributed by atoms with van der Waals surface area (Å²) in [4.78, 5) is 58.1. The van der Waals surface area contributed by atoms with Crippen LogP contribution in [-0.2, 0) is 31.9 Å². The highest BCUT2D eigenvalue weighted by Crippen LogP contribution is 2.48. The molecule has 3 N–H and O–H groups in total. The fourth-order valence-electron chi connectivity index (χ4n) is 6.65. The number of nitrogens with one attached hydrogen (secondary N) is 1. The maximum absolute atomic E-state index is 13.2. The van der Waals surface area contributed by atoms with Crippen LogP contribution < -0.4 is 17.0 Å². The first kappa shape index (κ1) is 44.5. The lowest BCUT2D eigenvalue weighted by Gasteiger charge is -2.51. The molecule has 302 valence electrons. The van der Waals surface area contributed by atoms with Crippen molar-refractivity contribution in [2.75, 3.05) is 19.8 Å². The van der Waals surface area contributed by atoms with E-state index >= 15 is 0 Å². The molecule has 0 radical (unpaired) electrons. The van der Waals surface area contributed by atoms with E-state index in [1.165, 1.54) is 16.8 Å². The van der Waals surface area contributed by atoms with Crippen molar-refractivity contribution in [3.8, 4) is 0 Å². The highest BCUT2D eigenvalue weighted by molar-refractivity contribution is 6.84. The molecule has 3 rings (SSSR count). The zero-order valence-electron chi connectivity index (χ0n) is 34.0. The van der Waals surface area contributed by atoms with Gasteiger partial charge in [0.15, 0.2) is 6.23 Å². The Kier molecular flexibility index (Phi) is 14.5. The van der Waals surface area contributed by atoms with E-state index < -0.39 is 82.3 Å². The van der Waals surface area contributed by atoms with Crippen LogP contribution in [0.4, 0.5) is 9.59 Å². The highest BCUT2D eigenvalue weighted by atomic mass is 28.5. The molecule has 2 fully saturated rings. The third-order valence-electron chi connectivity index (χ3n) is 9.07. The summed E-state index contributed by atoms with van der Waals surface area (Å²) in [5.41, 5.74) is 3.50. The summed E-state index contributed by atoms with van der Waals surface area (Å²) in [5.74, 6) is -0.402. The number of aromatic nitrogens is 2. The van der Waals surface area contributed by atoms with Gasteiger partial charge in [-0.1, -0.05) is 55.4 Å². The normalized spacial score (nSPS) is 23.5. The average molecular weight is 786 g/mol. The largest absolute Gasteiger partial charge is 0.443 e. The molecule has 0 unspecified atom stereocenters. The van der Waals surface area contributed by atoms with Crippen molar-refractivity contribution < 1.29 is 41.5 Å². The quantitative estimate of drug-likeness (QED) is 0.128. The van der Waals surface area contributed by atoms with Gasteiger partial charge in [-0.3, -0.25) is 14.3 Å². The fraction of sp³-hybridized carbons (Fsp3) is 0.800. The molecular formula is C35H63N5O11Si2. The average Bonchev–Trinajstić information content (AvgIpc) is 3.29. The fourth-order valence-corrected chi connectivity index (χ4v) is 17.9. The van der Waals surface area contributed by atoms with Crippen molar-refractivity contribution >= 4 is 35.3 Å². The molecule has 3 heterocycles. The van der Waals surface area contributed by atoms with Crippen LogP contribution in [0.15, 0.2) is 26.8 Å². The summed E-state index contributed by atoms with van der Waals surface area (Å²) in [5, 5.41) is 0. The lowest BCUT2D eigenvalue weighted by molar-refractivity contribution is -0.0739. The van der Waals surface area contributed by atoms with Crippen molar-refractivity contribution in [1.29, 1.82) is 0 Å². The Hall–Kier alpha value is -2.88. The molecule has 2 aliphatic rings. The lowest BCUT2D eigenvalue weighted by Crippen LogP contribution is -2.66. The van der Waals surface area contributed by atoms with Crippen LogP contribution in [0.1, 0.15) is 110 Å². The van der Waals surface area contributed by atoms with Crippen LogP contribution in [-0.4, -0.2) is 99.0 Å². The minimum atomic E-state index is -3.13. The molecule has 18 heteroatoms. The van der Waals surface area contributed by atoms with Gasteiger partial charge in [0.25, 0.3) is 5.56 Å². The molecular weight excluding hydrogens is 723 g/mol.